The molecule has 1 aliphatic heterocycles. The lowest BCUT2D eigenvalue weighted by molar-refractivity contribution is -0.144. The smallest absolute Gasteiger partial charge is 0.324 e. The number of aryl methyl sites for hydroxylation is 1. The number of esters is 1. The number of β-amino-alcohol motifs (C(OH)–C–C–N with tert-alkyl or cyclic N) is 1. The molecule has 1 aliphatic rings. The summed E-state index contributed by atoms with van der Waals surface area (Å²) < 4.78 is 32.0. The van der Waals surface area contributed by atoms with Gasteiger partial charge in [0.1, 0.15) is 10.9 Å². The van der Waals surface area contributed by atoms with Crippen LogP contribution in [0.5, 0.6) is 0 Å². The summed E-state index contributed by atoms with van der Waals surface area (Å²) in [4.78, 5) is 11.7. The summed E-state index contributed by atoms with van der Waals surface area (Å²) in [5, 5.41) is 13.6. The van der Waals surface area contributed by atoms with Crippen LogP contribution in [0.3, 0.4) is 0 Å². The van der Waals surface area contributed by atoms with Crippen molar-refractivity contribution in [1.82, 2.24) is 14.1 Å². The molecule has 9 heteroatoms. The number of nitrogens with zero attached hydrogens (tertiary/aromatic N) is 3. The quantitative estimate of drug-likeness (QED) is 0.731. The second-order valence-corrected chi connectivity index (χ2v) is 6.43. The summed E-state index contributed by atoms with van der Waals surface area (Å²) in [5.74, 6) is -0.673. The fraction of sp³-hybridized carbons (Fsp3) is 0.636. The summed E-state index contributed by atoms with van der Waals surface area (Å²) in [6, 6.07) is -0.995. The molecule has 0 aromatic carbocycles. The normalized spacial score (nSPS) is 23.9. The molecule has 0 aliphatic carbocycles. The topological polar surface area (TPSA) is 102 Å². The maximum atomic E-state index is 12.5. The summed E-state index contributed by atoms with van der Waals surface area (Å²) in [5.41, 5.74) is 0. The van der Waals surface area contributed by atoms with Gasteiger partial charge < -0.3 is 9.84 Å². The first-order valence-corrected chi connectivity index (χ1v) is 7.64. The van der Waals surface area contributed by atoms with Crippen LogP contribution in [-0.4, -0.2) is 59.4 Å². The largest absolute Gasteiger partial charge is 0.468 e. The molecule has 112 valence electrons. The molecule has 1 aromatic rings. The first-order valence-electron chi connectivity index (χ1n) is 6.20. The van der Waals surface area contributed by atoms with E-state index in [1.807, 2.05) is 6.92 Å². The SMILES string of the molecule is CCn1cc(S(=O)(=O)N2C[C@@H](O)C[C@H]2C(=O)OC)cn1. The Balaban J connectivity index is 2.34. The maximum absolute atomic E-state index is 12.5. The second kappa shape index (κ2) is 5.51. The molecule has 1 N–H and O–H groups in total. The van der Waals surface area contributed by atoms with Crippen molar-refractivity contribution in [3.63, 3.8) is 0 Å². The van der Waals surface area contributed by atoms with E-state index in [4.69, 9.17) is 0 Å². The number of carbonyl (C=O) groups excluding carboxylic acids is 1. The third-order valence-electron chi connectivity index (χ3n) is 3.25. The first kappa shape index (κ1) is 14.9. The van der Waals surface area contributed by atoms with Crippen LogP contribution in [-0.2, 0) is 26.1 Å². The highest BCUT2D eigenvalue weighted by atomic mass is 32.2. The van der Waals surface area contributed by atoms with Crippen LogP contribution in [0.1, 0.15) is 13.3 Å². The molecule has 2 heterocycles. The van der Waals surface area contributed by atoms with Gasteiger partial charge in [0, 0.05) is 25.7 Å². The van der Waals surface area contributed by atoms with Crippen LogP contribution in [0.4, 0.5) is 0 Å². The molecule has 0 amide bonds. The average molecular weight is 303 g/mol. The Bertz CT molecular complexity index is 597. The zero-order valence-corrected chi connectivity index (χ0v) is 12.1. The lowest BCUT2D eigenvalue weighted by Gasteiger charge is -2.20. The van der Waals surface area contributed by atoms with Gasteiger partial charge >= 0.3 is 5.97 Å². The Morgan fingerprint density at radius 2 is 2.30 bits per heavy atom. The highest BCUT2D eigenvalue weighted by Crippen LogP contribution is 2.26. The van der Waals surface area contributed by atoms with E-state index in [9.17, 15) is 18.3 Å². The van der Waals surface area contributed by atoms with Gasteiger partial charge in [-0.15, -0.1) is 0 Å². The van der Waals surface area contributed by atoms with Crippen molar-refractivity contribution in [2.24, 2.45) is 0 Å². The van der Waals surface area contributed by atoms with Gasteiger partial charge in [0.05, 0.1) is 19.4 Å². The lowest BCUT2D eigenvalue weighted by atomic mass is 10.2. The Labute approximate surface area is 117 Å². The number of aliphatic hydroxyl groups is 1. The zero-order valence-electron chi connectivity index (χ0n) is 11.3. The minimum atomic E-state index is -3.88. The van der Waals surface area contributed by atoms with Crippen molar-refractivity contribution in [2.75, 3.05) is 13.7 Å². The number of sulfonamides is 1. The van der Waals surface area contributed by atoms with Crippen molar-refractivity contribution in [3.05, 3.63) is 12.4 Å². The fourth-order valence-electron chi connectivity index (χ4n) is 2.19. The minimum absolute atomic E-state index is 0.00218. The Hall–Kier alpha value is -1.45. The van der Waals surface area contributed by atoms with Gasteiger partial charge in [0.25, 0.3) is 0 Å². The number of aromatic nitrogens is 2. The van der Waals surface area contributed by atoms with Crippen LogP contribution >= 0.6 is 0 Å². The van der Waals surface area contributed by atoms with Gasteiger partial charge in [-0.05, 0) is 6.92 Å². The Morgan fingerprint density at radius 1 is 1.60 bits per heavy atom. The molecular weight excluding hydrogens is 286 g/mol. The molecule has 2 rings (SSSR count). The predicted octanol–water partition coefficient (Wildman–Crippen LogP) is -0.800. The molecule has 0 saturated carbocycles. The maximum Gasteiger partial charge on any atom is 0.324 e. The summed E-state index contributed by atoms with van der Waals surface area (Å²) in [6.45, 7) is 2.25. The number of aliphatic hydroxyl groups excluding tert-OH is 1. The minimum Gasteiger partial charge on any atom is -0.468 e. The van der Waals surface area contributed by atoms with Crippen LogP contribution in [0.15, 0.2) is 17.3 Å². The highest BCUT2D eigenvalue weighted by Gasteiger charge is 2.44. The lowest BCUT2D eigenvalue weighted by Crippen LogP contribution is -2.41. The van der Waals surface area contributed by atoms with Crippen molar-refractivity contribution in [2.45, 2.75) is 36.9 Å². The summed E-state index contributed by atoms with van der Waals surface area (Å²) >= 11 is 0. The Kier molecular flexibility index (Phi) is 4.11. The molecule has 1 aromatic heterocycles. The van der Waals surface area contributed by atoms with Gasteiger partial charge in [0.15, 0.2) is 0 Å². The van der Waals surface area contributed by atoms with Crippen LogP contribution in [0.2, 0.25) is 0 Å². The van der Waals surface area contributed by atoms with Crippen LogP contribution in [0.25, 0.3) is 0 Å². The van der Waals surface area contributed by atoms with Crippen molar-refractivity contribution in [3.8, 4) is 0 Å². The molecule has 8 nitrogen and oxygen atoms in total. The number of hydrogen-bond donors (Lipinski definition) is 1. The zero-order chi connectivity index (χ0) is 14.9. The molecule has 0 spiro atoms. The van der Waals surface area contributed by atoms with Gasteiger partial charge in [-0.2, -0.15) is 9.40 Å². The van der Waals surface area contributed by atoms with Crippen molar-refractivity contribution in [1.29, 1.82) is 0 Å². The van der Waals surface area contributed by atoms with Crippen LogP contribution in [0, 0.1) is 0 Å². The third kappa shape index (κ3) is 2.56. The average Bonchev–Trinajstić information content (AvgIpc) is 3.04. The second-order valence-electron chi connectivity index (χ2n) is 4.53. The number of rotatable bonds is 4. The highest BCUT2D eigenvalue weighted by molar-refractivity contribution is 7.89. The van der Waals surface area contributed by atoms with E-state index in [1.165, 1.54) is 24.2 Å². The molecule has 1 saturated heterocycles. The van der Waals surface area contributed by atoms with E-state index >= 15 is 0 Å². The molecule has 0 bridgehead atoms. The van der Waals surface area contributed by atoms with Gasteiger partial charge in [-0.1, -0.05) is 0 Å². The summed E-state index contributed by atoms with van der Waals surface area (Å²) in [7, 11) is -2.69. The van der Waals surface area contributed by atoms with E-state index in [1.54, 1.807) is 0 Å². The van der Waals surface area contributed by atoms with E-state index in [0.717, 1.165) is 4.31 Å². The van der Waals surface area contributed by atoms with Crippen LogP contribution < -0.4 is 0 Å². The number of hydrogen-bond acceptors (Lipinski definition) is 6. The molecule has 20 heavy (non-hydrogen) atoms. The molecule has 0 unspecified atom stereocenters. The van der Waals surface area contributed by atoms with Gasteiger partial charge in [-0.3, -0.25) is 9.48 Å². The molecule has 1 fully saturated rings. The van der Waals surface area contributed by atoms with E-state index in [2.05, 4.69) is 9.84 Å². The van der Waals surface area contributed by atoms with Gasteiger partial charge in [-0.25, -0.2) is 8.42 Å². The van der Waals surface area contributed by atoms with E-state index in [0.29, 0.717) is 6.54 Å². The first-order chi connectivity index (χ1) is 9.40. The number of ether oxygens (including phenoxy) is 1. The standard InChI is InChI=1S/C11H17N3O5S/c1-3-13-7-9(5-12-13)20(17,18)14-6-8(15)4-10(14)11(16)19-2/h5,7-8,10,15H,3-4,6H2,1-2H3/t8-,10-/m0/s1. The fourth-order valence-corrected chi connectivity index (χ4v) is 3.77. The summed E-state index contributed by atoms with van der Waals surface area (Å²) in [6.07, 6.45) is 1.79. The molecule has 2 atom stereocenters. The number of methoxy groups -OCH3 is 1. The van der Waals surface area contributed by atoms with Crippen molar-refractivity contribution < 1.29 is 23.1 Å². The van der Waals surface area contributed by atoms with E-state index in [-0.39, 0.29) is 17.9 Å². The Morgan fingerprint density at radius 3 is 2.85 bits per heavy atom. The van der Waals surface area contributed by atoms with Crippen molar-refractivity contribution >= 4 is 16.0 Å². The third-order valence-corrected chi connectivity index (χ3v) is 5.07. The molecular formula is C11H17N3O5S. The van der Waals surface area contributed by atoms with E-state index < -0.39 is 28.1 Å². The molecule has 0 radical (unpaired) electrons. The van der Waals surface area contributed by atoms with Gasteiger partial charge in [0.2, 0.25) is 10.0 Å². The number of carbonyl (C=O) groups is 1. The monoisotopic (exact) mass is 303 g/mol. The predicted molar refractivity (Wildman–Crippen MR) is 68.2 cm³/mol.